The molecule has 128 valence electrons. The maximum atomic E-state index is 12.6. The van der Waals surface area contributed by atoms with Crippen molar-refractivity contribution in [2.75, 3.05) is 25.1 Å². The van der Waals surface area contributed by atoms with Crippen LogP contribution in [0.4, 0.5) is 5.13 Å². The molecule has 0 saturated carbocycles. The van der Waals surface area contributed by atoms with Gasteiger partial charge in [0.15, 0.2) is 5.13 Å². The molecule has 1 aromatic heterocycles. The Hall–Kier alpha value is -1.47. The van der Waals surface area contributed by atoms with E-state index in [4.69, 9.17) is 22.1 Å². The topological polar surface area (TPSA) is 77.2 Å². The number of carbonyl (C=O) groups is 1. The molecule has 0 bridgehead atoms. The molecule has 24 heavy (non-hydrogen) atoms. The van der Waals surface area contributed by atoms with Crippen molar-refractivity contribution in [3.05, 3.63) is 45.9 Å². The first-order valence-electron chi connectivity index (χ1n) is 7.90. The summed E-state index contributed by atoms with van der Waals surface area (Å²) in [4.78, 5) is 18.0. The first kappa shape index (κ1) is 17.4. The lowest BCUT2D eigenvalue weighted by Gasteiger charge is -2.34. The molecular formula is C17H20ClN3O2S. The van der Waals surface area contributed by atoms with Crippen molar-refractivity contribution in [1.82, 2.24) is 4.98 Å². The fourth-order valence-electron chi connectivity index (χ4n) is 2.81. The molecule has 1 aromatic carbocycles. The van der Waals surface area contributed by atoms with Crippen molar-refractivity contribution >= 4 is 34.0 Å². The zero-order chi connectivity index (χ0) is 17.0. The summed E-state index contributed by atoms with van der Waals surface area (Å²) in [5, 5.41) is 4.25. The molecule has 3 rings (SSSR count). The van der Waals surface area contributed by atoms with Gasteiger partial charge in [-0.15, -0.1) is 11.3 Å². The summed E-state index contributed by atoms with van der Waals surface area (Å²) in [6.45, 7) is 1.47. The van der Waals surface area contributed by atoms with Gasteiger partial charge < -0.3 is 15.8 Å². The third-order valence-corrected chi connectivity index (χ3v) is 5.51. The van der Waals surface area contributed by atoms with E-state index in [1.807, 2.05) is 24.3 Å². The van der Waals surface area contributed by atoms with Gasteiger partial charge in [-0.25, -0.2) is 4.98 Å². The smallest absolute Gasteiger partial charge is 0.233 e. The number of rotatable bonds is 5. The Bertz CT molecular complexity index is 713. The molecule has 2 aromatic rings. The molecule has 1 aliphatic heterocycles. The standard InChI is InChI=1S/C17H20ClN3O2S/c18-13-3-1-2-12(8-13)9-14-10-20-16(24-14)21-15(22)17(11-19)4-6-23-7-5-17/h1-3,8,10H,4-7,9,11,19H2,(H,20,21,22). The fraction of sp³-hybridized carbons (Fsp3) is 0.412. The molecule has 1 aliphatic rings. The second-order valence-corrected chi connectivity index (χ2v) is 7.54. The Balaban J connectivity index is 1.66. The van der Waals surface area contributed by atoms with E-state index >= 15 is 0 Å². The van der Waals surface area contributed by atoms with E-state index in [2.05, 4.69) is 10.3 Å². The van der Waals surface area contributed by atoms with Gasteiger partial charge in [0, 0.05) is 42.3 Å². The fourth-order valence-corrected chi connectivity index (χ4v) is 3.87. The van der Waals surface area contributed by atoms with Crippen LogP contribution in [0.25, 0.3) is 0 Å². The number of benzene rings is 1. The molecule has 0 atom stereocenters. The highest BCUT2D eigenvalue weighted by molar-refractivity contribution is 7.15. The predicted molar refractivity (Wildman–Crippen MR) is 96.5 cm³/mol. The van der Waals surface area contributed by atoms with Gasteiger partial charge in [0.1, 0.15) is 0 Å². The predicted octanol–water partition coefficient (Wildman–Crippen LogP) is 3.08. The van der Waals surface area contributed by atoms with Crippen molar-refractivity contribution in [3.63, 3.8) is 0 Å². The highest BCUT2D eigenvalue weighted by Crippen LogP contribution is 2.32. The van der Waals surface area contributed by atoms with Crippen LogP contribution in [0.1, 0.15) is 23.3 Å². The van der Waals surface area contributed by atoms with E-state index in [-0.39, 0.29) is 5.91 Å². The maximum Gasteiger partial charge on any atom is 0.233 e. The third kappa shape index (κ3) is 3.95. The number of halogens is 1. The molecule has 3 N–H and O–H groups in total. The number of nitrogens with two attached hydrogens (primary N) is 1. The van der Waals surface area contributed by atoms with Crippen LogP contribution >= 0.6 is 22.9 Å². The van der Waals surface area contributed by atoms with Crippen LogP contribution in [0.15, 0.2) is 30.5 Å². The summed E-state index contributed by atoms with van der Waals surface area (Å²) in [6, 6.07) is 7.74. The van der Waals surface area contributed by atoms with Gasteiger partial charge in [0.05, 0.1) is 5.41 Å². The van der Waals surface area contributed by atoms with Crippen molar-refractivity contribution < 1.29 is 9.53 Å². The molecule has 1 fully saturated rings. The summed E-state index contributed by atoms with van der Waals surface area (Å²) >= 11 is 7.49. The number of ether oxygens (including phenoxy) is 1. The van der Waals surface area contributed by atoms with E-state index in [1.165, 1.54) is 11.3 Å². The van der Waals surface area contributed by atoms with Gasteiger partial charge in [-0.1, -0.05) is 23.7 Å². The Morgan fingerprint density at radius 1 is 1.42 bits per heavy atom. The largest absolute Gasteiger partial charge is 0.381 e. The first-order valence-corrected chi connectivity index (χ1v) is 9.09. The number of anilines is 1. The number of nitrogens with zero attached hydrogens (tertiary/aromatic N) is 1. The van der Waals surface area contributed by atoms with Crippen molar-refractivity contribution in [3.8, 4) is 0 Å². The van der Waals surface area contributed by atoms with E-state index in [1.54, 1.807) is 6.20 Å². The van der Waals surface area contributed by atoms with Crippen LogP contribution < -0.4 is 11.1 Å². The molecule has 5 nitrogen and oxygen atoms in total. The van der Waals surface area contributed by atoms with Crippen LogP contribution in [0.3, 0.4) is 0 Å². The molecule has 0 spiro atoms. The number of aromatic nitrogens is 1. The zero-order valence-corrected chi connectivity index (χ0v) is 14.8. The average molecular weight is 366 g/mol. The van der Waals surface area contributed by atoms with Gasteiger partial charge in [-0.05, 0) is 30.5 Å². The third-order valence-electron chi connectivity index (χ3n) is 4.36. The number of carbonyl (C=O) groups excluding carboxylic acids is 1. The molecule has 0 aliphatic carbocycles. The summed E-state index contributed by atoms with van der Waals surface area (Å²) in [6.07, 6.45) is 3.83. The van der Waals surface area contributed by atoms with E-state index < -0.39 is 5.41 Å². The summed E-state index contributed by atoms with van der Waals surface area (Å²) in [5.74, 6) is -0.0584. The SMILES string of the molecule is NCC1(C(=O)Nc2ncc(Cc3cccc(Cl)c3)s2)CCOCC1. The highest BCUT2D eigenvalue weighted by atomic mass is 35.5. The molecule has 1 saturated heterocycles. The van der Waals surface area contributed by atoms with Gasteiger partial charge >= 0.3 is 0 Å². The van der Waals surface area contributed by atoms with Crippen LogP contribution in [-0.2, 0) is 16.0 Å². The summed E-state index contributed by atoms with van der Waals surface area (Å²) in [5.41, 5.74) is 6.44. The highest BCUT2D eigenvalue weighted by Gasteiger charge is 2.39. The lowest BCUT2D eigenvalue weighted by molar-refractivity contribution is -0.130. The second-order valence-electron chi connectivity index (χ2n) is 5.99. The minimum Gasteiger partial charge on any atom is -0.381 e. The van der Waals surface area contributed by atoms with Gasteiger partial charge in [0.2, 0.25) is 5.91 Å². The second kappa shape index (κ2) is 7.61. The molecule has 1 amide bonds. The van der Waals surface area contributed by atoms with Crippen LogP contribution in [-0.4, -0.2) is 30.6 Å². The van der Waals surface area contributed by atoms with Crippen molar-refractivity contribution in [1.29, 1.82) is 0 Å². The first-order chi connectivity index (χ1) is 11.6. The monoisotopic (exact) mass is 365 g/mol. The molecule has 7 heteroatoms. The summed E-state index contributed by atoms with van der Waals surface area (Å²) in [7, 11) is 0. The number of nitrogens with one attached hydrogen (secondary N) is 1. The van der Waals surface area contributed by atoms with Crippen LogP contribution in [0, 0.1) is 5.41 Å². The Labute approximate surface area is 150 Å². The van der Waals surface area contributed by atoms with Crippen molar-refractivity contribution in [2.24, 2.45) is 11.1 Å². The van der Waals surface area contributed by atoms with E-state index in [0.29, 0.717) is 37.7 Å². The number of hydrogen-bond acceptors (Lipinski definition) is 5. The van der Waals surface area contributed by atoms with E-state index in [0.717, 1.165) is 21.9 Å². The molecule has 0 radical (unpaired) electrons. The number of thiazole rings is 1. The average Bonchev–Trinajstić information content (AvgIpc) is 3.02. The zero-order valence-electron chi connectivity index (χ0n) is 13.3. The number of amides is 1. The van der Waals surface area contributed by atoms with Crippen molar-refractivity contribution in [2.45, 2.75) is 19.3 Å². The Morgan fingerprint density at radius 3 is 2.92 bits per heavy atom. The Kier molecular flexibility index (Phi) is 5.50. The van der Waals surface area contributed by atoms with Gasteiger partial charge in [-0.2, -0.15) is 0 Å². The maximum absolute atomic E-state index is 12.6. The minimum atomic E-state index is -0.545. The lowest BCUT2D eigenvalue weighted by atomic mass is 9.79. The molecule has 2 heterocycles. The quantitative estimate of drug-likeness (QED) is 0.853. The Morgan fingerprint density at radius 2 is 2.21 bits per heavy atom. The minimum absolute atomic E-state index is 0.0584. The van der Waals surface area contributed by atoms with Gasteiger partial charge in [0.25, 0.3) is 0 Å². The normalized spacial score (nSPS) is 16.8. The number of hydrogen-bond donors (Lipinski definition) is 2. The lowest BCUT2D eigenvalue weighted by Crippen LogP contribution is -2.46. The molecule has 0 unspecified atom stereocenters. The van der Waals surface area contributed by atoms with Crippen LogP contribution in [0.2, 0.25) is 5.02 Å². The summed E-state index contributed by atoms with van der Waals surface area (Å²) < 4.78 is 5.35. The molecular weight excluding hydrogens is 346 g/mol. The van der Waals surface area contributed by atoms with E-state index in [9.17, 15) is 4.79 Å². The van der Waals surface area contributed by atoms with Crippen LogP contribution in [0.5, 0.6) is 0 Å². The van der Waals surface area contributed by atoms with Gasteiger partial charge in [-0.3, -0.25) is 4.79 Å².